The average Bonchev–Trinajstić information content (AvgIpc) is 2.60. The molecular formula is C18H29ClN4O3. The van der Waals surface area contributed by atoms with Crippen molar-refractivity contribution < 1.29 is 14.3 Å². The van der Waals surface area contributed by atoms with E-state index < -0.39 is 12.1 Å². The normalized spacial score (nSPS) is 15.7. The van der Waals surface area contributed by atoms with Crippen molar-refractivity contribution in [2.45, 2.75) is 44.8 Å². The molecule has 3 amide bonds. The van der Waals surface area contributed by atoms with Crippen molar-refractivity contribution in [2.75, 3.05) is 19.6 Å². The van der Waals surface area contributed by atoms with Gasteiger partial charge in [-0.05, 0) is 31.9 Å². The first-order valence-electron chi connectivity index (χ1n) is 8.76. The SMILES string of the molecule is Cc1ccc(OC2CCN(C(=O)[C@@H](N)CCCNC(N)=O)CC2)cc1.Cl. The first kappa shape index (κ1) is 22.1. The van der Waals surface area contributed by atoms with E-state index in [1.807, 2.05) is 31.2 Å². The summed E-state index contributed by atoms with van der Waals surface area (Å²) in [5, 5.41) is 2.49. The summed E-state index contributed by atoms with van der Waals surface area (Å²) in [4.78, 5) is 24.8. The minimum absolute atomic E-state index is 0. The quantitative estimate of drug-likeness (QED) is 0.619. The number of halogens is 1. The summed E-state index contributed by atoms with van der Waals surface area (Å²) in [5.74, 6) is 0.835. The third-order valence-corrected chi connectivity index (χ3v) is 4.39. The number of rotatable bonds is 7. The van der Waals surface area contributed by atoms with Crippen LogP contribution in [0.1, 0.15) is 31.2 Å². The lowest BCUT2D eigenvalue weighted by Gasteiger charge is -2.33. The maximum absolute atomic E-state index is 12.4. The zero-order chi connectivity index (χ0) is 18.2. The Bertz CT molecular complexity index is 574. The lowest BCUT2D eigenvalue weighted by molar-refractivity contribution is -0.134. The van der Waals surface area contributed by atoms with Crippen molar-refractivity contribution in [3.63, 3.8) is 0 Å². The van der Waals surface area contributed by atoms with E-state index in [-0.39, 0.29) is 24.4 Å². The molecule has 0 aliphatic carbocycles. The van der Waals surface area contributed by atoms with E-state index in [1.54, 1.807) is 4.90 Å². The predicted octanol–water partition coefficient (Wildman–Crippen LogP) is 1.56. The number of hydrogen-bond donors (Lipinski definition) is 3. The molecule has 0 radical (unpaired) electrons. The molecule has 7 nitrogen and oxygen atoms in total. The van der Waals surface area contributed by atoms with Gasteiger partial charge in [0.05, 0.1) is 6.04 Å². The molecule has 0 aromatic heterocycles. The smallest absolute Gasteiger partial charge is 0.312 e. The highest BCUT2D eigenvalue weighted by atomic mass is 35.5. The van der Waals surface area contributed by atoms with Crippen molar-refractivity contribution in [1.82, 2.24) is 10.2 Å². The summed E-state index contributed by atoms with van der Waals surface area (Å²) >= 11 is 0. The Hall–Kier alpha value is -1.99. The fourth-order valence-corrected chi connectivity index (χ4v) is 2.89. The van der Waals surface area contributed by atoms with Crippen LogP contribution in [0.4, 0.5) is 4.79 Å². The number of hydrogen-bond acceptors (Lipinski definition) is 4. The zero-order valence-electron chi connectivity index (χ0n) is 15.1. The summed E-state index contributed by atoms with van der Waals surface area (Å²) in [6, 6.07) is 6.91. The molecule has 1 aliphatic heterocycles. The Morgan fingerprint density at radius 3 is 2.46 bits per heavy atom. The molecule has 1 aliphatic rings. The summed E-state index contributed by atoms with van der Waals surface area (Å²) in [6.07, 6.45) is 2.88. The molecule has 0 spiro atoms. The van der Waals surface area contributed by atoms with Gasteiger partial charge in [0.15, 0.2) is 0 Å². The predicted molar refractivity (Wildman–Crippen MR) is 103 cm³/mol. The number of amides is 3. The molecule has 1 fully saturated rings. The number of urea groups is 1. The van der Waals surface area contributed by atoms with Crippen molar-refractivity contribution in [3.05, 3.63) is 29.8 Å². The lowest BCUT2D eigenvalue weighted by Crippen LogP contribution is -2.48. The van der Waals surface area contributed by atoms with E-state index in [0.717, 1.165) is 18.6 Å². The number of nitrogens with two attached hydrogens (primary N) is 2. The Kier molecular flexibility index (Phi) is 9.23. The standard InChI is InChI=1S/C18H28N4O3.ClH/c1-13-4-6-14(7-5-13)25-15-8-11-22(12-9-15)17(23)16(19)3-2-10-21-18(20)24;/h4-7,15-16H,2-3,8-12,19H2,1H3,(H3,20,21,24);1H/t16-;/m0./s1. The molecule has 1 heterocycles. The van der Waals surface area contributed by atoms with Crippen LogP contribution in [0.25, 0.3) is 0 Å². The Morgan fingerprint density at radius 2 is 1.88 bits per heavy atom. The molecular weight excluding hydrogens is 356 g/mol. The number of benzene rings is 1. The van der Waals surface area contributed by atoms with E-state index in [2.05, 4.69) is 5.32 Å². The Morgan fingerprint density at radius 1 is 1.27 bits per heavy atom. The molecule has 0 saturated carbocycles. The van der Waals surface area contributed by atoms with E-state index in [1.165, 1.54) is 5.56 Å². The van der Waals surface area contributed by atoms with Gasteiger partial charge in [-0.25, -0.2) is 4.79 Å². The third-order valence-electron chi connectivity index (χ3n) is 4.39. The van der Waals surface area contributed by atoms with Crippen LogP contribution in [-0.4, -0.2) is 48.6 Å². The highest BCUT2D eigenvalue weighted by Crippen LogP contribution is 2.20. The van der Waals surface area contributed by atoms with Crippen molar-refractivity contribution in [1.29, 1.82) is 0 Å². The maximum Gasteiger partial charge on any atom is 0.312 e. The van der Waals surface area contributed by atoms with Crippen LogP contribution >= 0.6 is 12.4 Å². The van der Waals surface area contributed by atoms with Crippen LogP contribution in [0, 0.1) is 6.92 Å². The van der Waals surface area contributed by atoms with Gasteiger partial charge in [-0.1, -0.05) is 17.7 Å². The summed E-state index contributed by atoms with van der Waals surface area (Å²) in [5.41, 5.74) is 12.2. The molecule has 0 unspecified atom stereocenters. The Balaban J connectivity index is 0.00000338. The number of piperidine rings is 1. The number of likely N-dealkylation sites (tertiary alicyclic amines) is 1. The van der Waals surface area contributed by atoms with Gasteiger partial charge in [0.2, 0.25) is 5.91 Å². The van der Waals surface area contributed by atoms with E-state index in [4.69, 9.17) is 16.2 Å². The van der Waals surface area contributed by atoms with E-state index >= 15 is 0 Å². The average molecular weight is 385 g/mol. The molecule has 146 valence electrons. The second-order valence-electron chi connectivity index (χ2n) is 6.50. The summed E-state index contributed by atoms with van der Waals surface area (Å²) < 4.78 is 5.98. The van der Waals surface area contributed by atoms with Crippen molar-refractivity contribution >= 4 is 24.3 Å². The number of carbonyl (C=O) groups excluding carboxylic acids is 2. The molecule has 1 atom stereocenters. The number of nitrogens with one attached hydrogen (secondary N) is 1. The highest BCUT2D eigenvalue weighted by Gasteiger charge is 2.26. The monoisotopic (exact) mass is 384 g/mol. The third kappa shape index (κ3) is 7.09. The molecule has 1 aromatic carbocycles. The number of carbonyl (C=O) groups is 2. The first-order valence-corrected chi connectivity index (χ1v) is 8.76. The van der Waals surface area contributed by atoms with Crippen LogP contribution in [0.5, 0.6) is 5.75 Å². The Labute approximate surface area is 160 Å². The van der Waals surface area contributed by atoms with Gasteiger partial charge in [0, 0.05) is 32.5 Å². The number of ether oxygens (including phenoxy) is 1. The van der Waals surface area contributed by atoms with E-state index in [9.17, 15) is 9.59 Å². The van der Waals surface area contributed by atoms with Gasteiger partial charge in [0.25, 0.3) is 0 Å². The van der Waals surface area contributed by atoms with Crippen LogP contribution in [-0.2, 0) is 4.79 Å². The fraction of sp³-hybridized carbons (Fsp3) is 0.556. The van der Waals surface area contributed by atoms with Crippen LogP contribution in [0.3, 0.4) is 0 Å². The topological polar surface area (TPSA) is 111 Å². The second-order valence-corrected chi connectivity index (χ2v) is 6.50. The van der Waals surface area contributed by atoms with Gasteiger partial charge in [0.1, 0.15) is 11.9 Å². The van der Waals surface area contributed by atoms with Crippen LogP contribution < -0.4 is 21.5 Å². The molecule has 1 aromatic rings. The largest absolute Gasteiger partial charge is 0.490 e. The number of aryl methyl sites for hydroxylation is 1. The molecule has 8 heteroatoms. The first-order chi connectivity index (χ1) is 12.0. The van der Waals surface area contributed by atoms with Gasteiger partial charge >= 0.3 is 6.03 Å². The second kappa shape index (κ2) is 10.9. The molecule has 26 heavy (non-hydrogen) atoms. The molecule has 1 saturated heterocycles. The molecule has 5 N–H and O–H groups in total. The van der Waals surface area contributed by atoms with Gasteiger partial charge in [-0.15, -0.1) is 12.4 Å². The van der Waals surface area contributed by atoms with Gasteiger partial charge in [-0.3, -0.25) is 4.79 Å². The maximum atomic E-state index is 12.4. The van der Waals surface area contributed by atoms with Crippen molar-refractivity contribution in [2.24, 2.45) is 11.5 Å². The summed E-state index contributed by atoms with van der Waals surface area (Å²) in [7, 11) is 0. The molecule has 0 bridgehead atoms. The minimum atomic E-state index is -0.560. The van der Waals surface area contributed by atoms with Gasteiger partial charge < -0.3 is 26.4 Å². The van der Waals surface area contributed by atoms with Gasteiger partial charge in [-0.2, -0.15) is 0 Å². The van der Waals surface area contributed by atoms with E-state index in [0.29, 0.717) is 32.5 Å². The minimum Gasteiger partial charge on any atom is -0.490 e. The number of nitrogens with zero attached hydrogens (tertiary/aromatic N) is 1. The summed E-state index contributed by atoms with van der Waals surface area (Å²) in [6.45, 7) is 3.79. The highest BCUT2D eigenvalue weighted by molar-refractivity contribution is 5.85. The fourth-order valence-electron chi connectivity index (χ4n) is 2.89. The number of primary amides is 1. The lowest BCUT2D eigenvalue weighted by atomic mass is 10.0. The van der Waals surface area contributed by atoms with Crippen LogP contribution in [0.15, 0.2) is 24.3 Å². The van der Waals surface area contributed by atoms with Crippen LogP contribution in [0.2, 0.25) is 0 Å². The zero-order valence-corrected chi connectivity index (χ0v) is 16.0. The van der Waals surface area contributed by atoms with Crippen molar-refractivity contribution in [3.8, 4) is 5.75 Å². The molecule has 2 rings (SSSR count).